The van der Waals surface area contributed by atoms with E-state index < -0.39 is 6.23 Å². The van der Waals surface area contributed by atoms with Gasteiger partial charge in [-0.25, -0.2) is 0 Å². The zero-order chi connectivity index (χ0) is 11.1. The predicted molar refractivity (Wildman–Crippen MR) is 55.9 cm³/mol. The first-order chi connectivity index (χ1) is 7.18. The van der Waals surface area contributed by atoms with Gasteiger partial charge in [-0.05, 0) is 12.5 Å². The first kappa shape index (κ1) is 11.7. The Hall–Kier alpha value is -1.39. The van der Waals surface area contributed by atoms with Gasteiger partial charge in [0.2, 0.25) is 0 Å². The van der Waals surface area contributed by atoms with Gasteiger partial charge in [-0.15, -0.1) is 0 Å². The van der Waals surface area contributed by atoms with Crippen LogP contribution >= 0.6 is 0 Å². The van der Waals surface area contributed by atoms with Gasteiger partial charge >= 0.3 is 5.97 Å². The van der Waals surface area contributed by atoms with E-state index in [0.717, 1.165) is 5.56 Å². The molecule has 0 spiro atoms. The lowest BCUT2D eigenvalue weighted by molar-refractivity contribution is -0.144. The highest BCUT2D eigenvalue weighted by molar-refractivity contribution is 5.71. The Bertz CT molecular complexity index is 298. The van der Waals surface area contributed by atoms with Crippen molar-refractivity contribution in [3.8, 4) is 0 Å². The summed E-state index contributed by atoms with van der Waals surface area (Å²) < 4.78 is 4.97. The summed E-state index contributed by atoms with van der Waals surface area (Å²) in [6, 6.07) is 9.44. The van der Waals surface area contributed by atoms with E-state index in [-0.39, 0.29) is 19.1 Å². The zero-order valence-electron chi connectivity index (χ0n) is 8.64. The number of ether oxygens (including phenoxy) is 1. The molecular weight excluding hydrogens is 194 g/mol. The van der Waals surface area contributed by atoms with Crippen LogP contribution in [0.25, 0.3) is 0 Å². The quantitative estimate of drug-likeness (QED) is 0.552. The van der Waals surface area contributed by atoms with E-state index >= 15 is 0 Å². The van der Waals surface area contributed by atoms with Gasteiger partial charge in [0.15, 0.2) is 0 Å². The summed E-state index contributed by atoms with van der Waals surface area (Å²) in [5, 5.41) is 11.4. The molecular formula is C11H15NO3. The molecule has 0 aliphatic rings. The van der Waals surface area contributed by atoms with E-state index in [9.17, 15) is 4.79 Å². The standard InChI is InChI=1S/C11H15NO3/c1-9(13)12-7-11(14)15-8-10-5-3-2-4-6-10/h2-6,9,12-13H,7-8H2,1H3. The minimum absolute atomic E-state index is 0.0184. The topological polar surface area (TPSA) is 58.6 Å². The number of benzene rings is 1. The fourth-order valence-electron chi connectivity index (χ4n) is 1.02. The summed E-state index contributed by atoms with van der Waals surface area (Å²) >= 11 is 0. The lowest BCUT2D eigenvalue weighted by Gasteiger charge is -2.07. The fourth-order valence-corrected chi connectivity index (χ4v) is 1.02. The van der Waals surface area contributed by atoms with Gasteiger partial charge in [-0.3, -0.25) is 10.1 Å². The second-order valence-electron chi connectivity index (χ2n) is 3.20. The third-order valence-corrected chi connectivity index (χ3v) is 1.78. The SMILES string of the molecule is CC(O)NCC(=O)OCc1ccccc1. The van der Waals surface area contributed by atoms with Crippen molar-refractivity contribution in [3.05, 3.63) is 35.9 Å². The maximum atomic E-state index is 11.1. The maximum absolute atomic E-state index is 11.1. The molecule has 1 aromatic carbocycles. The van der Waals surface area contributed by atoms with Crippen molar-refractivity contribution in [3.63, 3.8) is 0 Å². The molecule has 0 aromatic heterocycles. The number of aliphatic hydroxyl groups is 1. The summed E-state index contributed by atoms with van der Waals surface area (Å²) in [6.07, 6.45) is -0.700. The number of esters is 1. The van der Waals surface area contributed by atoms with Crippen molar-refractivity contribution in [2.75, 3.05) is 6.54 Å². The molecule has 4 heteroatoms. The highest BCUT2D eigenvalue weighted by atomic mass is 16.5. The molecule has 0 amide bonds. The highest BCUT2D eigenvalue weighted by Crippen LogP contribution is 2.00. The molecule has 0 radical (unpaired) electrons. The van der Waals surface area contributed by atoms with E-state index in [1.165, 1.54) is 0 Å². The molecule has 0 saturated carbocycles. The molecule has 0 fully saturated rings. The molecule has 82 valence electrons. The molecule has 1 atom stereocenters. The third kappa shape index (κ3) is 5.15. The number of nitrogens with one attached hydrogen (secondary N) is 1. The Labute approximate surface area is 88.9 Å². The first-order valence-corrected chi connectivity index (χ1v) is 4.79. The van der Waals surface area contributed by atoms with Crippen LogP contribution in [0.2, 0.25) is 0 Å². The lowest BCUT2D eigenvalue weighted by Crippen LogP contribution is -2.31. The normalized spacial score (nSPS) is 12.1. The second-order valence-corrected chi connectivity index (χ2v) is 3.20. The molecule has 1 aromatic rings. The molecule has 0 bridgehead atoms. The Morgan fingerprint density at radius 2 is 2.13 bits per heavy atom. The van der Waals surface area contributed by atoms with Gasteiger partial charge in [-0.1, -0.05) is 30.3 Å². The summed E-state index contributed by atoms with van der Waals surface area (Å²) in [6.45, 7) is 1.83. The van der Waals surface area contributed by atoms with Gasteiger partial charge in [0.1, 0.15) is 12.8 Å². The van der Waals surface area contributed by atoms with E-state index in [1.807, 2.05) is 30.3 Å². The Morgan fingerprint density at radius 3 is 2.73 bits per heavy atom. The van der Waals surface area contributed by atoms with Gasteiger partial charge < -0.3 is 9.84 Å². The van der Waals surface area contributed by atoms with Crippen LogP contribution in [0.3, 0.4) is 0 Å². The second kappa shape index (κ2) is 6.16. The van der Waals surface area contributed by atoms with Crippen molar-refractivity contribution >= 4 is 5.97 Å². The van der Waals surface area contributed by atoms with Crippen molar-refractivity contribution in [1.82, 2.24) is 5.32 Å². The summed E-state index contributed by atoms with van der Waals surface area (Å²) in [7, 11) is 0. The number of aliphatic hydroxyl groups excluding tert-OH is 1. The fraction of sp³-hybridized carbons (Fsp3) is 0.364. The van der Waals surface area contributed by atoms with E-state index in [4.69, 9.17) is 9.84 Å². The monoisotopic (exact) mass is 209 g/mol. The Morgan fingerprint density at radius 1 is 1.47 bits per heavy atom. The van der Waals surface area contributed by atoms with Crippen molar-refractivity contribution < 1.29 is 14.6 Å². The van der Waals surface area contributed by atoms with Crippen LogP contribution in [0, 0.1) is 0 Å². The van der Waals surface area contributed by atoms with Crippen LogP contribution < -0.4 is 5.32 Å². The first-order valence-electron chi connectivity index (χ1n) is 4.79. The largest absolute Gasteiger partial charge is 0.460 e. The van der Waals surface area contributed by atoms with Gasteiger partial charge in [-0.2, -0.15) is 0 Å². The van der Waals surface area contributed by atoms with Crippen LogP contribution in [0.4, 0.5) is 0 Å². The minimum Gasteiger partial charge on any atom is -0.460 e. The Kier molecular flexibility index (Phi) is 4.80. The van der Waals surface area contributed by atoms with Gasteiger partial charge in [0.05, 0.1) is 6.54 Å². The van der Waals surface area contributed by atoms with Crippen LogP contribution in [-0.4, -0.2) is 23.8 Å². The summed E-state index contributed by atoms with van der Waals surface area (Å²) in [5.41, 5.74) is 0.947. The predicted octanol–water partition coefficient (Wildman–Crippen LogP) is 0.658. The highest BCUT2D eigenvalue weighted by Gasteiger charge is 2.03. The molecule has 1 unspecified atom stereocenters. The number of carbonyl (C=O) groups is 1. The average Bonchev–Trinajstić information content (AvgIpc) is 2.25. The van der Waals surface area contributed by atoms with Gasteiger partial charge in [0.25, 0.3) is 0 Å². The van der Waals surface area contributed by atoms with Crippen molar-refractivity contribution in [2.45, 2.75) is 19.8 Å². The molecule has 4 nitrogen and oxygen atoms in total. The van der Waals surface area contributed by atoms with Crippen molar-refractivity contribution in [2.24, 2.45) is 0 Å². The molecule has 0 aliphatic carbocycles. The third-order valence-electron chi connectivity index (χ3n) is 1.78. The smallest absolute Gasteiger partial charge is 0.320 e. The summed E-state index contributed by atoms with van der Waals surface area (Å²) in [5.74, 6) is -0.375. The Balaban J connectivity index is 2.23. The van der Waals surface area contributed by atoms with Crippen molar-refractivity contribution in [1.29, 1.82) is 0 Å². The molecule has 0 heterocycles. The molecule has 15 heavy (non-hydrogen) atoms. The number of hydrogen-bond donors (Lipinski definition) is 2. The van der Waals surface area contributed by atoms with E-state index in [2.05, 4.69) is 5.32 Å². The number of rotatable bonds is 5. The minimum atomic E-state index is -0.700. The van der Waals surface area contributed by atoms with E-state index in [1.54, 1.807) is 6.92 Å². The van der Waals surface area contributed by atoms with E-state index in [0.29, 0.717) is 0 Å². The zero-order valence-corrected chi connectivity index (χ0v) is 8.64. The molecule has 2 N–H and O–H groups in total. The average molecular weight is 209 g/mol. The number of hydrogen-bond acceptors (Lipinski definition) is 4. The number of carbonyl (C=O) groups excluding carboxylic acids is 1. The van der Waals surface area contributed by atoms with Crippen LogP contribution in [-0.2, 0) is 16.1 Å². The van der Waals surface area contributed by atoms with Crippen LogP contribution in [0.1, 0.15) is 12.5 Å². The molecule has 0 aliphatic heterocycles. The van der Waals surface area contributed by atoms with Crippen LogP contribution in [0.15, 0.2) is 30.3 Å². The van der Waals surface area contributed by atoms with Gasteiger partial charge in [0, 0.05) is 0 Å². The lowest BCUT2D eigenvalue weighted by atomic mass is 10.2. The molecule has 0 saturated heterocycles. The van der Waals surface area contributed by atoms with Crippen LogP contribution in [0.5, 0.6) is 0 Å². The maximum Gasteiger partial charge on any atom is 0.320 e. The molecule has 1 rings (SSSR count). The summed E-state index contributed by atoms with van der Waals surface area (Å²) in [4.78, 5) is 11.1.